The Hall–Kier alpha value is -0.770. The number of urea groups is 1. The number of hydrogen-bond donors (Lipinski definition) is 3. The van der Waals surface area contributed by atoms with Gasteiger partial charge in [0.1, 0.15) is 0 Å². The molecule has 0 aliphatic heterocycles. The van der Waals surface area contributed by atoms with Crippen LogP contribution in [0.1, 0.15) is 32.1 Å². The molecule has 0 saturated heterocycles. The molecule has 0 aromatic carbocycles. The molecule has 4 nitrogen and oxygen atoms in total. The lowest BCUT2D eigenvalue weighted by molar-refractivity contribution is 0.227. The molecule has 0 bridgehead atoms. The van der Waals surface area contributed by atoms with Crippen LogP contribution in [0.4, 0.5) is 4.79 Å². The van der Waals surface area contributed by atoms with Crippen LogP contribution in [-0.4, -0.2) is 30.3 Å². The molecule has 0 aromatic heterocycles. The van der Waals surface area contributed by atoms with Crippen molar-refractivity contribution in [1.82, 2.24) is 10.6 Å². The van der Waals surface area contributed by atoms with E-state index in [2.05, 4.69) is 10.6 Å². The van der Waals surface area contributed by atoms with Crippen LogP contribution < -0.4 is 10.6 Å². The van der Waals surface area contributed by atoms with E-state index in [0.717, 1.165) is 25.7 Å². The predicted molar refractivity (Wildman–Crippen MR) is 50.5 cm³/mol. The summed E-state index contributed by atoms with van der Waals surface area (Å²) in [5, 5.41) is 14.1. The average molecular weight is 186 g/mol. The molecule has 1 fully saturated rings. The third kappa shape index (κ3) is 4.12. The number of amides is 2. The zero-order valence-electron chi connectivity index (χ0n) is 7.88. The minimum absolute atomic E-state index is 0.0670. The summed E-state index contributed by atoms with van der Waals surface area (Å²) in [4.78, 5) is 11.1. The van der Waals surface area contributed by atoms with E-state index in [4.69, 9.17) is 5.11 Å². The van der Waals surface area contributed by atoms with Gasteiger partial charge in [-0.05, 0) is 32.1 Å². The smallest absolute Gasteiger partial charge is 0.315 e. The minimum Gasteiger partial charge on any atom is -0.396 e. The summed E-state index contributed by atoms with van der Waals surface area (Å²) < 4.78 is 0. The summed E-state index contributed by atoms with van der Waals surface area (Å²) in [5.41, 5.74) is 0. The molecule has 0 radical (unpaired) electrons. The second kappa shape index (κ2) is 5.80. The molecule has 0 spiro atoms. The highest BCUT2D eigenvalue weighted by molar-refractivity contribution is 5.74. The topological polar surface area (TPSA) is 61.4 Å². The van der Waals surface area contributed by atoms with E-state index in [1.165, 1.54) is 6.42 Å². The van der Waals surface area contributed by atoms with Crippen molar-refractivity contribution in [3.05, 3.63) is 0 Å². The minimum atomic E-state index is -0.0670. The first-order chi connectivity index (χ1) is 6.33. The summed E-state index contributed by atoms with van der Waals surface area (Å²) in [6.07, 6.45) is 5.06. The van der Waals surface area contributed by atoms with Crippen LogP contribution in [0, 0.1) is 0 Å². The maximum absolute atomic E-state index is 11.1. The van der Waals surface area contributed by atoms with Crippen LogP contribution in [0.3, 0.4) is 0 Å². The molecule has 3 N–H and O–H groups in total. The van der Waals surface area contributed by atoms with Crippen LogP contribution >= 0.6 is 0 Å². The summed E-state index contributed by atoms with van der Waals surface area (Å²) >= 11 is 0. The van der Waals surface area contributed by atoms with Crippen molar-refractivity contribution in [3.8, 4) is 0 Å². The Labute approximate surface area is 78.7 Å². The number of carbonyl (C=O) groups is 1. The van der Waals surface area contributed by atoms with Crippen LogP contribution in [0.15, 0.2) is 0 Å². The summed E-state index contributed by atoms with van der Waals surface area (Å²) in [6, 6.07) is 0.334. The molecule has 4 heteroatoms. The van der Waals surface area contributed by atoms with Crippen molar-refractivity contribution in [3.63, 3.8) is 0 Å². The Kier molecular flexibility index (Phi) is 4.60. The fourth-order valence-corrected chi connectivity index (χ4v) is 1.23. The Morgan fingerprint density at radius 1 is 1.38 bits per heavy atom. The van der Waals surface area contributed by atoms with Crippen LogP contribution in [0.25, 0.3) is 0 Å². The maximum atomic E-state index is 11.1. The van der Waals surface area contributed by atoms with Gasteiger partial charge >= 0.3 is 6.03 Å². The Balaban J connectivity index is 1.91. The van der Waals surface area contributed by atoms with E-state index in [9.17, 15) is 4.79 Å². The Bertz CT molecular complexity index is 158. The summed E-state index contributed by atoms with van der Waals surface area (Å²) in [5.74, 6) is 0. The summed E-state index contributed by atoms with van der Waals surface area (Å²) in [7, 11) is 0. The molecular formula is C9H18N2O2. The standard InChI is InChI=1S/C9H18N2O2/c12-7-2-1-6-10-9(13)11-8-4-3-5-8/h8,12H,1-7H2,(H2,10,11,13). The lowest BCUT2D eigenvalue weighted by atomic mass is 9.93. The molecule has 0 atom stereocenters. The van der Waals surface area contributed by atoms with Gasteiger partial charge in [0.25, 0.3) is 0 Å². The van der Waals surface area contributed by atoms with Crippen molar-refractivity contribution in [1.29, 1.82) is 0 Å². The van der Waals surface area contributed by atoms with Gasteiger partial charge in [0.2, 0.25) is 0 Å². The van der Waals surface area contributed by atoms with E-state index in [0.29, 0.717) is 12.6 Å². The molecule has 2 amide bonds. The average Bonchev–Trinajstić information content (AvgIpc) is 2.06. The number of aliphatic hydroxyl groups is 1. The third-order valence-corrected chi connectivity index (χ3v) is 2.31. The van der Waals surface area contributed by atoms with E-state index in [1.54, 1.807) is 0 Å². The number of aliphatic hydroxyl groups excluding tert-OH is 1. The summed E-state index contributed by atoms with van der Waals surface area (Å²) in [6.45, 7) is 0.852. The first-order valence-electron chi connectivity index (χ1n) is 4.98. The van der Waals surface area contributed by atoms with Crippen molar-refractivity contribution < 1.29 is 9.90 Å². The number of rotatable bonds is 5. The van der Waals surface area contributed by atoms with Crippen LogP contribution in [-0.2, 0) is 0 Å². The van der Waals surface area contributed by atoms with Gasteiger partial charge in [0.15, 0.2) is 0 Å². The second-order valence-corrected chi connectivity index (χ2v) is 3.46. The van der Waals surface area contributed by atoms with Crippen LogP contribution in [0.2, 0.25) is 0 Å². The Morgan fingerprint density at radius 2 is 2.15 bits per heavy atom. The predicted octanol–water partition coefficient (Wildman–Crippen LogP) is 0.611. The zero-order chi connectivity index (χ0) is 9.52. The number of hydrogen-bond acceptors (Lipinski definition) is 2. The lowest BCUT2D eigenvalue weighted by Crippen LogP contribution is -2.45. The quantitative estimate of drug-likeness (QED) is 0.551. The van der Waals surface area contributed by atoms with Gasteiger partial charge in [0.05, 0.1) is 0 Å². The van der Waals surface area contributed by atoms with Crippen molar-refractivity contribution in [2.24, 2.45) is 0 Å². The molecule has 1 aliphatic rings. The molecule has 1 saturated carbocycles. The molecule has 1 rings (SSSR count). The fraction of sp³-hybridized carbons (Fsp3) is 0.889. The highest BCUT2D eigenvalue weighted by Crippen LogP contribution is 2.17. The first kappa shape index (κ1) is 10.3. The van der Waals surface area contributed by atoms with Gasteiger partial charge in [-0.1, -0.05) is 0 Å². The fourth-order valence-electron chi connectivity index (χ4n) is 1.23. The lowest BCUT2D eigenvalue weighted by Gasteiger charge is -2.26. The largest absolute Gasteiger partial charge is 0.396 e. The highest BCUT2D eigenvalue weighted by atomic mass is 16.2. The molecule has 0 unspecified atom stereocenters. The van der Waals surface area contributed by atoms with Gasteiger partial charge in [-0.2, -0.15) is 0 Å². The molecule has 13 heavy (non-hydrogen) atoms. The Morgan fingerprint density at radius 3 is 2.69 bits per heavy atom. The van der Waals surface area contributed by atoms with Crippen molar-refractivity contribution in [2.45, 2.75) is 38.1 Å². The molecule has 0 heterocycles. The molecule has 0 aromatic rings. The maximum Gasteiger partial charge on any atom is 0.315 e. The SMILES string of the molecule is O=C(NCCCCO)NC1CCC1. The second-order valence-electron chi connectivity index (χ2n) is 3.46. The van der Waals surface area contributed by atoms with Gasteiger partial charge in [-0.25, -0.2) is 4.79 Å². The van der Waals surface area contributed by atoms with E-state index < -0.39 is 0 Å². The van der Waals surface area contributed by atoms with Crippen LogP contribution in [0.5, 0.6) is 0 Å². The first-order valence-corrected chi connectivity index (χ1v) is 4.98. The van der Waals surface area contributed by atoms with Crippen molar-refractivity contribution >= 4 is 6.03 Å². The van der Waals surface area contributed by atoms with Gasteiger partial charge in [-0.15, -0.1) is 0 Å². The third-order valence-electron chi connectivity index (χ3n) is 2.31. The van der Waals surface area contributed by atoms with Gasteiger partial charge in [0, 0.05) is 19.2 Å². The number of nitrogens with one attached hydrogen (secondary N) is 2. The molecular weight excluding hydrogens is 168 g/mol. The van der Waals surface area contributed by atoms with Gasteiger partial charge < -0.3 is 15.7 Å². The molecule has 1 aliphatic carbocycles. The van der Waals surface area contributed by atoms with Gasteiger partial charge in [-0.3, -0.25) is 0 Å². The molecule has 76 valence electrons. The van der Waals surface area contributed by atoms with Crippen molar-refractivity contribution in [2.75, 3.05) is 13.2 Å². The van der Waals surface area contributed by atoms with E-state index >= 15 is 0 Å². The monoisotopic (exact) mass is 186 g/mol. The number of unbranched alkanes of at least 4 members (excludes halogenated alkanes) is 1. The van der Waals surface area contributed by atoms with E-state index in [1.807, 2.05) is 0 Å². The normalized spacial score (nSPS) is 16.4. The highest BCUT2D eigenvalue weighted by Gasteiger charge is 2.18. The number of carbonyl (C=O) groups excluding carboxylic acids is 1. The zero-order valence-corrected chi connectivity index (χ0v) is 7.88. The van der Waals surface area contributed by atoms with E-state index in [-0.39, 0.29) is 12.6 Å².